The molecule has 0 aromatic heterocycles. The van der Waals surface area contributed by atoms with Crippen molar-refractivity contribution in [2.45, 2.75) is 6.54 Å². The molecule has 9 heteroatoms. The van der Waals surface area contributed by atoms with Gasteiger partial charge < -0.3 is 15.2 Å². The van der Waals surface area contributed by atoms with Crippen LogP contribution < -0.4 is 10.1 Å². The zero-order valence-corrected chi connectivity index (χ0v) is 17.2. The van der Waals surface area contributed by atoms with Gasteiger partial charge >= 0.3 is 5.97 Å². The molecule has 1 amide bonds. The minimum Gasteiger partial charge on any atom is -0.478 e. The van der Waals surface area contributed by atoms with E-state index in [0.29, 0.717) is 0 Å². The number of carbonyl (C=O) groups excluding carboxylic acids is 1. The van der Waals surface area contributed by atoms with Crippen molar-refractivity contribution in [1.29, 1.82) is 5.26 Å². The van der Waals surface area contributed by atoms with Crippen LogP contribution in [-0.2, 0) is 6.54 Å². The zero-order chi connectivity index (χ0) is 22.5. The van der Waals surface area contributed by atoms with E-state index in [1.807, 2.05) is 6.07 Å². The number of hydrogen-bond donors (Lipinski definition) is 2. The third-order valence-corrected chi connectivity index (χ3v) is 4.70. The highest BCUT2D eigenvalue weighted by Crippen LogP contribution is 2.35. The number of ether oxygens (including phenoxy) is 1. The monoisotopic (exact) mass is 458 g/mol. The minimum absolute atomic E-state index is 0.00433. The molecule has 0 fully saturated rings. The molecule has 0 saturated heterocycles. The minimum atomic E-state index is -1.11. The molecule has 3 rings (SSSR count). The zero-order valence-electron chi connectivity index (χ0n) is 15.7. The Morgan fingerprint density at radius 1 is 1.06 bits per heavy atom. The average Bonchev–Trinajstić information content (AvgIpc) is 2.75. The van der Waals surface area contributed by atoms with Crippen molar-refractivity contribution in [1.82, 2.24) is 5.32 Å². The van der Waals surface area contributed by atoms with Gasteiger partial charge in [0.25, 0.3) is 5.91 Å². The van der Waals surface area contributed by atoms with Crippen LogP contribution in [0.2, 0.25) is 10.0 Å². The van der Waals surface area contributed by atoms with Crippen molar-refractivity contribution in [3.63, 3.8) is 0 Å². The van der Waals surface area contributed by atoms with Gasteiger partial charge in [-0.05, 0) is 48.5 Å². The van der Waals surface area contributed by atoms with E-state index in [1.165, 1.54) is 54.6 Å². The molecule has 3 aromatic carbocycles. The predicted molar refractivity (Wildman–Crippen MR) is 112 cm³/mol. The van der Waals surface area contributed by atoms with Crippen LogP contribution in [-0.4, -0.2) is 17.0 Å². The fourth-order valence-electron chi connectivity index (χ4n) is 2.65. The van der Waals surface area contributed by atoms with Gasteiger partial charge in [0.2, 0.25) is 0 Å². The maximum absolute atomic E-state index is 15.0. The highest BCUT2D eigenvalue weighted by atomic mass is 35.5. The number of nitriles is 1. The number of carbonyl (C=O) groups is 2. The molecule has 0 spiro atoms. The standard InChI is InChI=1S/C22H13Cl2FN2O4/c23-16-7-12(10-26)8-17(9-16)31-20-18(24)6-5-15(19(20)25)11-27-21(28)13-1-3-14(4-2-13)22(29)30/h1-9H,11H2,(H,27,28)(H,29,30). The van der Waals surface area contributed by atoms with Crippen LogP contribution in [0.1, 0.15) is 31.8 Å². The van der Waals surface area contributed by atoms with E-state index in [1.54, 1.807) is 0 Å². The van der Waals surface area contributed by atoms with Crippen molar-refractivity contribution in [2.24, 2.45) is 0 Å². The topological polar surface area (TPSA) is 99.4 Å². The third kappa shape index (κ3) is 5.31. The highest BCUT2D eigenvalue weighted by molar-refractivity contribution is 6.32. The summed E-state index contributed by atoms with van der Waals surface area (Å²) >= 11 is 12.0. The number of aromatic carboxylic acids is 1. The first-order valence-electron chi connectivity index (χ1n) is 8.75. The van der Waals surface area contributed by atoms with Crippen molar-refractivity contribution in [3.05, 3.63) is 92.7 Å². The fourth-order valence-corrected chi connectivity index (χ4v) is 3.06. The molecule has 0 heterocycles. The number of amides is 1. The smallest absolute Gasteiger partial charge is 0.335 e. The van der Waals surface area contributed by atoms with E-state index in [4.69, 9.17) is 38.3 Å². The van der Waals surface area contributed by atoms with Crippen molar-refractivity contribution in [3.8, 4) is 17.6 Å². The van der Waals surface area contributed by atoms with E-state index >= 15 is 0 Å². The predicted octanol–water partition coefficient (Wildman–Crippen LogP) is 5.42. The lowest BCUT2D eigenvalue weighted by Crippen LogP contribution is -2.23. The van der Waals surface area contributed by atoms with Crippen LogP contribution in [0, 0.1) is 17.1 Å². The summed E-state index contributed by atoms with van der Waals surface area (Å²) in [5.41, 5.74) is 0.607. The van der Waals surface area contributed by atoms with Crippen molar-refractivity contribution >= 4 is 35.1 Å². The Hall–Kier alpha value is -3.60. The quantitative estimate of drug-likeness (QED) is 0.513. The van der Waals surface area contributed by atoms with E-state index in [9.17, 15) is 14.0 Å². The summed E-state index contributed by atoms with van der Waals surface area (Å²) in [5, 5.41) is 20.7. The second-order valence-corrected chi connectivity index (χ2v) is 7.15. The normalized spacial score (nSPS) is 10.3. The molecule has 0 aliphatic carbocycles. The van der Waals surface area contributed by atoms with Crippen molar-refractivity contribution < 1.29 is 23.8 Å². The Morgan fingerprint density at radius 3 is 2.39 bits per heavy atom. The van der Waals surface area contributed by atoms with Gasteiger partial charge in [0.15, 0.2) is 11.6 Å². The molecule has 0 bridgehead atoms. The summed E-state index contributed by atoms with van der Waals surface area (Å²) in [5.74, 6) is -2.55. The molecule has 2 N–H and O–H groups in total. The molecule has 3 aromatic rings. The van der Waals surface area contributed by atoms with E-state index < -0.39 is 17.7 Å². The molecule has 0 aliphatic rings. The Bertz CT molecular complexity index is 1210. The molecular weight excluding hydrogens is 446 g/mol. The third-order valence-electron chi connectivity index (χ3n) is 4.18. The van der Waals surface area contributed by atoms with Crippen LogP contribution in [0.15, 0.2) is 54.6 Å². The van der Waals surface area contributed by atoms with Crippen LogP contribution in [0.5, 0.6) is 11.5 Å². The lowest BCUT2D eigenvalue weighted by Gasteiger charge is -2.13. The molecule has 0 unspecified atom stereocenters. The Balaban J connectivity index is 1.77. The molecule has 6 nitrogen and oxygen atoms in total. The molecule has 0 saturated carbocycles. The number of nitrogens with zero attached hydrogens (tertiary/aromatic N) is 1. The number of hydrogen-bond acceptors (Lipinski definition) is 4. The largest absolute Gasteiger partial charge is 0.478 e. The number of carboxylic acids is 1. The van der Waals surface area contributed by atoms with Crippen molar-refractivity contribution in [2.75, 3.05) is 0 Å². The summed E-state index contributed by atoms with van der Waals surface area (Å²) in [6.07, 6.45) is 0. The first-order chi connectivity index (χ1) is 14.8. The summed E-state index contributed by atoms with van der Waals surface area (Å²) in [4.78, 5) is 23.2. The molecule has 0 atom stereocenters. The molecular formula is C22H13Cl2FN2O4. The number of nitrogens with one attached hydrogen (secondary N) is 1. The Morgan fingerprint density at radius 2 is 1.74 bits per heavy atom. The van der Waals surface area contributed by atoms with Crippen LogP contribution in [0.25, 0.3) is 0 Å². The highest BCUT2D eigenvalue weighted by Gasteiger charge is 2.17. The first-order valence-corrected chi connectivity index (χ1v) is 9.51. The first kappa shape index (κ1) is 22.1. The number of halogens is 3. The van der Waals surface area contributed by atoms with Crippen LogP contribution >= 0.6 is 23.2 Å². The Labute approximate surface area is 186 Å². The second kappa shape index (κ2) is 9.47. The maximum Gasteiger partial charge on any atom is 0.335 e. The van der Waals surface area contributed by atoms with Gasteiger partial charge in [-0.25, -0.2) is 9.18 Å². The fraction of sp³-hybridized carbons (Fsp3) is 0.0455. The summed E-state index contributed by atoms with van der Waals surface area (Å²) in [6, 6.07) is 14.3. The van der Waals surface area contributed by atoms with Gasteiger partial charge in [0.1, 0.15) is 5.75 Å². The number of benzene rings is 3. The number of rotatable bonds is 6. The molecule has 0 radical (unpaired) electrons. The number of carboxylic acid groups (broad SMARTS) is 1. The van der Waals surface area contributed by atoms with Gasteiger partial charge in [-0.1, -0.05) is 29.3 Å². The summed E-state index contributed by atoms with van der Waals surface area (Å²) in [7, 11) is 0. The van der Waals surface area contributed by atoms with Crippen LogP contribution in [0.3, 0.4) is 0 Å². The average molecular weight is 459 g/mol. The van der Waals surface area contributed by atoms with E-state index in [-0.39, 0.29) is 50.3 Å². The SMILES string of the molecule is N#Cc1cc(Cl)cc(Oc2c(Cl)ccc(CNC(=O)c3ccc(C(=O)O)cc3)c2F)c1. The van der Waals surface area contributed by atoms with E-state index in [2.05, 4.69) is 5.32 Å². The van der Waals surface area contributed by atoms with Gasteiger partial charge in [0.05, 0.1) is 22.2 Å². The summed E-state index contributed by atoms with van der Waals surface area (Å²) < 4.78 is 20.5. The lowest BCUT2D eigenvalue weighted by atomic mass is 10.1. The lowest BCUT2D eigenvalue weighted by molar-refractivity contribution is 0.0696. The summed E-state index contributed by atoms with van der Waals surface area (Å²) in [6.45, 7) is -0.169. The van der Waals surface area contributed by atoms with Gasteiger partial charge in [-0.3, -0.25) is 4.79 Å². The van der Waals surface area contributed by atoms with Gasteiger partial charge in [-0.15, -0.1) is 0 Å². The van der Waals surface area contributed by atoms with Gasteiger partial charge in [-0.2, -0.15) is 5.26 Å². The molecule has 156 valence electrons. The molecule has 31 heavy (non-hydrogen) atoms. The maximum atomic E-state index is 15.0. The second-order valence-electron chi connectivity index (χ2n) is 6.30. The molecule has 0 aliphatic heterocycles. The van der Waals surface area contributed by atoms with Crippen LogP contribution in [0.4, 0.5) is 4.39 Å². The Kier molecular flexibility index (Phi) is 6.75. The van der Waals surface area contributed by atoms with E-state index in [0.717, 1.165) is 0 Å². The van der Waals surface area contributed by atoms with Gasteiger partial charge in [0, 0.05) is 22.7 Å².